The van der Waals surface area contributed by atoms with E-state index in [2.05, 4.69) is 36.4 Å². The van der Waals surface area contributed by atoms with Crippen molar-refractivity contribution in [3.8, 4) is 11.1 Å². The molecule has 3 aliphatic rings. The SMILES string of the molecule is c1ccc2cc3c(c-2cc1)CCC3. The van der Waals surface area contributed by atoms with E-state index in [-0.39, 0.29) is 0 Å². The Morgan fingerprint density at radius 3 is 2.85 bits per heavy atom. The molecule has 0 aliphatic heterocycles. The zero-order valence-corrected chi connectivity index (χ0v) is 7.59. The van der Waals surface area contributed by atoms with Gasteiger partial charge < -0.3 is 0 Å². The van der Waals surface area contributed by atoms with Crippen LogP contribution in [0.2, 0.25) is 0 Å². The Kier molecular flexibility index (Phi) is 1.42. The van der Waals surface area contributed by atoms with Crippen molar-refractivity contribution in [1.29, 1.82) is 0 Å². The molecule has 0 unspecified atom stereocenters. The molecule has 64 valence electrons. The second-order valence-electron chi connectivity index (χ2n) is 3.78. The molecule has 13 heavy (non-hydrogen) atoms. The Morgan fingerprint density at radius 2 is 1.85 bits per heavy atom. The van der Waals surface area contributed by atoms with Crippen molar-refractivity contribution >= 4 is 0 Å². The largest absolute Gasteiger partial charge is 0.0622 e. The first kappa shape index (κ1) is 7.14. The smallest absolute Gasteiger partial charge is 0.0149 e. The van der Waals surface area contributed by atoms with Crippen molar-refractivity contribution in [3.63, 3.8) is 0 Å². The van der Waals surface area contributed by atoms with Gasteiger partial charge in [-0.2, -0.15) is 0 Å². The van der Waals surface area contributed by atoms with Gasteiger partial charge >= 0.3 is 0 Å². The monoisotopic (exact) mass is 168 g/mol. The van der Waals surface area contributed by atoms with Gasteiger partial charge in [0.15, 0.2) is 0 Å². The summed E-state index contributed by atoms with van der Waals surface area (Å²) in [5.74, 6) is 0. The highest BCUT2D eigenvalue weighted by Gasteiger charge is 2.18. The summed E-state index contributed by atoms with van der Waals surface area (Å²) < 4.78 is 0. The van der Waals surface area contributed by atoms with Crippen LogP contribution < -0.4 is 0 Å². The third kappa shape index (κ3) is 0.983. The van der Waals surface area contributed by atoms with E-state index in [1.54, 1.807) is 11.1 Å². The molecule has 0 atom stereocenters. The first-order chi connectivity index (χ1) is 6.45. The third-order valence-corrected chi connectivity index (χ3v) is 2.99. The van der Waals surface area contributed by atoms with Crippen LogP contribution in [-0.4, -0.2) is 0 Å². The number of hydrogen-bond acceptors (Lipinski definition) is 0. The Balaban J connectivity index is 2.34. The van der Waals surface area contributed by atoms with Crippen LogP contribution in [0.25, 0.3) is 11.1 Å². The van der Waals surface area contributed by atoms with Crippen molar-refractivity contribution in [2.75, 3.05) is 0 Å². The van der Waals surface area contributed by atoms with Crippen LogP contribution in [0.3, 0.4) is 0 Å². The molecule has 0 aromatic rings. The van der Waals surface area contributed by atoms with E-state index < -0.39 is 0 Å². The molecule has 0 heteroatoms. The average Bonchev–Trinajstić information content (AvgIpc) is 2.61. The van der Waals surface area contributed by atoms with E-state index in [0.29, 0.717) is 0 Å². The van der Waals surface area contributed by atoms with E-state index >= 15 is 0 Å². The topological polar surface area (TPSA) is 0 Å². The van der Waals surface area contributed by atoms with E-state index in [9.17, 15) is 0 Å². The summed E-state index contributed by atoms with van der Waals surface area (Å²) >= 11 is 0. The normalized spacial score (nSPS) is 14.8. The van der Waals surface area contributed by atoms with Crippen molar-refractivity contribution in [2.24, 2.45) is 0 Å². The quantitative estimate of drug-likeness (QED) is 0.566. The molecular weight excluding hydrogens is 156 g/mol. The fraction of sp³-hybridized carbons (Fsp3) is 0.231. The van der Waals surface area contributed by atoms with Crippen molar-refractivity contribution in [3.05, 3.63) is 47.5 Å². The maximum atomic E-state index is 2.36. The zero-order chi connectivity index (χ0) is 8.67. The van der Waals surface area contributed by atoms with Gasteiger partial charge in [0.1, 0.15) is 0 Å². The number of aryl methyl sites for hydroxylation is 1. The summed E-state index contributed by atoms with van der Waals surface area (Å²) in [7, 11) is 0. The van der Waals surface area contributed by atoms with Crippen LogP contribution in [-0.2, 0) is 12.8 Å². The molecule has 0 saturated heterocycles. The third-order valence-electron chi connectivity index (χ3n) is 2.99. The summed E-state index contributed by atoms with van der Waals surface area (Å²) in [5, 5.41) is 0. The molecule has 0 amide bonds. The van der Waals surface area contributed by atoms with Crippen LogP contribution in [0.15, 0.2) is 36.4 Å². The molecule has 0 aromatic carbocycles. The zero-order valence-electron chi connectivity index (χ0n) is 7.59. The molecule has 0 heterocycles. The Hall–Kier alpha value is -1.30. The van der Waals surface area contributed by atoms with Gasteiger partial charge in [0, 0.05) is 0 Å². The molecule has 0 saturated carbocycles. The lowest BCUT2D eigenvalue weighted by Crippen LogP contribution is -1.76. The van der Waals surface area contributed by atoms with Gasteiger partial charge in [-0.1, -0.05) is 36.4 Å². The molecule has 0 nitrogen and oxygen atoms in total. The Bertz CT molecular complexity index is 415. The standard InChI is InChI=1S/C13H12/c1-2-5-10-9-11-6-4-8-13(11)12(10)7-3-1/h1-3,5,7,9H,4,6,8H2. The fourth-order valence-electron chi connectivity index (χ4n) is 2.38. The van der Waals surface area contributed by atoms with E-state index in [4.69, 9.17) is 0 Å². The van der Waals surface area contributed by atoms with Gasteiger partial charge in [0.25, 0.3) is 0 Å². The van der Waals surface area contributed by atoms with Gasteiger partial charge in [0.05, 0.1) is 0 Å². The minimum Gasteiger partial charge on any atom is -0.0622 e. The summed E-state index contributed by atoms with van der Waals surface area (Å²) in [6, 6.07) is 13.2. The molecule has 0 bridgehead atoms. The summed E-state index contributed by atoms with van der Waals surface area (Å²) in [6.45, 7) is 0. The van der Waals surface area contributed by atoms with Crippen molar-refractivity contribution in [2.45, 2.75) is 19.3 Å². The highest BCUT2D eigenvalue weighted by molar-refractivity contribution is 5.74. The second-order valence-corrected chi connectivity index (χ2v) is 3.78. The lowest BCUT2D eigenvalue weighted by molar-refractivity contribution is 0.909. The van der Waals surface area contributed by atoms with Crippen LogP contribution in [0, 0.1) is 0 Å². The average molecular weight is 168 g/mol. The number of fused-ring (bicyclic) bond motifs is 3. The first-order valence-electron chi connectivity index (χ1n) is 4.95. The number of hydrogen-bond donors (Lipinski definition) is 0. The molecule has 3 aliphatic carbocycles. The predicted molar refractivity (Wildman–Crippen MR) is 55.1 cm³/mol. The minimum atomic E-state index is 1.28. The minimum absolute atomic E-state index is 1.28. The van der Waals surface area contributed by atoms with Crippen LogP contribution in [0.1, 0.15) is 17.5 Å². The molecule has 0 N–H and O–H groups in total. The number of rotatable bonds is 0. The molecule has 0 fully saturated rings. The van der Waals surface area contributed by atoms with Gasteiger partial charge in [-0.3, -0.25) is 0 Å². The summed E-state index contributed by atoms with van der Waals surface area (Å²) in [6.07, 6.45) is 3.91. The van der Waals surface area contributed by atoms with Gasteiger partial charge in [-0.05, 0) is 41.5 Å². The van der Waals surface area contributed by atoms with Gasteiger partial charge in [-0.15, -0.1) is 0 Å². The van der Waals surface area contributed by atoms with Crippen LogP contribution >= 0.6 is 0 Å². The van der Waals surface area contributed by atoms with Crippen LogP contribution in [0.5, 0.6) is 0 Å². The second kappa shape index (κ2) is 2.59. The maximum Gasteiger partial charge on any atom is -0.0149 e. The van der Waals surface area contributed by atoms with E-state index in [0.717, 1.165) is 0 Å². The molecule has 0 radical (unpaired) electrons. The van der Waals surface area contributed by atoms with Crippen molar-refractivity contribution < 1.29 is 0 Å². The van der Waals surface area contributed by atoms with Gasteiger partial charge in [0.2, 0.25) is 0 Å². The summed E-state index contributed by atoms with van der Waals surface area (Å²) in [4.78, 5) is 0. The highest BCUT2D eigenvalue weighted by atomic mass is 14.2. The van der Waals surface area contributed by atoms with Crippen molar-refractivity contribution in [1.82, 2.24) is 0 Å². The van der Waals surface area contributed by atoms with Crippen LogP contribution in [0.4, 0.5) is 0 Å². The molecule has 0 aromatic heterocycles. The van der Waals surface area contributed by atoms with E-state index in [1.807, 2.05) is 0 Å². The predicted octanol–water partition coefficient (Wildman–Crippen LogP) is 3.28. The highest BCUT2D eigenvalue weighted by Crippen LogP contribution is 2.36. The Labute approximate surface area is 78.6 Å². The first-order valence-corrected chi connectivity index (χ1v) is 4.95. The lowest BCUT2D eigenvalue weighted by atomic mass is 10.1. The fourth-order valence-corrected chi connectivity index (χ4v) is 2.38. The maximum absolute atomic E-state index is 2.36. The molecule has 0 spiro atoms. The van der Waals surface area contributed by atoms with E-state index in [1.165, 1.54) is 30.4 Å². The summed E-state index contributed by atoms with van der Waals surface area (Å²) in [5.41, 5.74) is 6.07. The lowest BCUT2D eigenvalue weighted by Gasteiger charge is -1.95. The molecular formula is C13H12. The Morgan fingerprint density at radius 1 is 0.923 bits per heavy atom. The molecule has 3 rings (SSSR count). The van der Waals surface area contributed by atoms with Gasteiger partial charge in [-0.25, -0.2) is 0 Å².